The van der Waals surface area contributed by atoms with E-state index in [4.69, 9.17) is 16.3 Å². The lowest BCUT2D eigenvalue weighted by Crippen LogP contribution is -2.29. The second-order valence-electron chi connectivity index (χ2n) is 4.38. The first-order valence-electron chi connectivity index (χ1n) is 6.15. The van der Waals surface area contributed by atoms with Gasteiger partial charge >= 0.3 is 0 Å². The fourth-order valence-corrected chi connectivity index (χ4v) is 2.25. The summed E-state index contributed by atoms with van der Waals surface area (Å²) in [6.45, 7) is 3.02. The first kappa shape index (κ1) is 12.6. The Morgan fingerprint density at radius 1 is 1.47 bits per heavy atom. The highest BCUT2D eigenvalue weighted by molar-refractivity contribution is 6.29. The maximum absolute atomic E-state index is 5.74. The second kappa shape index (κ2) is 6.77. The number of piperidine rings is 1. The molecule has 1 saturated heterocycles. The highest BCUT2D eigenvalue weighted by Crippen LogP contribution is 2.16. The predicted molar refractivity (Wildman–Crippen MR) is 67.4 cm³/mol. The summed E-state index contributed by atoms with van der Waals surface area (Å²) >= 11 is 5.74. The van der Waals surface area contributed by atoms with E-state index in [1.807, 2.05) is 0 Å². The lowest BCUT2D eigenvalue weighted by atomic mass is 9.95. The molecular formula is C12H18ClN3O. The maximum atomic E-state index is 5.74. The van der Waals surface area contributed by atoms with Gasteiger partial charge in [-0.2, -0.15) is 0 Å². The van der Waals surface area contributed by atoms with Crippen LogP contribution in [0.3, 0.4) is 0 Å². The summed E-state index contributed by atoms with van der Waals surface area (Å²) in [5.74, 6) is 1.37. The van der Waals surface area contributed by atoms with Crippen molar-refractivity contribution in [3.05, 3.63) is 17.5 Å². The van der Waals surface area contributed by atoms with Crippen molar-refractivity contribution < 1.29 is 4.74 Å². The molecule has 1 N–H and O–H groups in total. The molecule has 0 aliphatic carbocycles. The average Bonchev–Trinajstić information content (AvgIpc) is 2.36. The zero-order chi connectivity index (χ0) is 11.9. The molecular weight excluding hydrogens is 238 g/mol. The molecule has 5 heteroatoms. The van der Waals surface area contributed by atoms with Crippen LogP contribution in [0.2, 0.25) is 5.15 Å². The third kappa shape index (κ3) is 4.48. The lowest BCUT2D eigenvalue weighted by molar-refractivity contribution is 0.268. The minimum Gasteiger partial charge on any atom is -0.478 e. The number of aromatic nitrogens is 2. The quantitative estimate of drug-likeness (QED) is 0.648. The van der Waals surface area contributed by atoms with E-state index in [-0.39, 0.29) is 0 Å². The Bertz CT molecular complexity index is 342. The number of halogens is 1. The van der Waals surface area contributed by atoms with Crippen LogP contribution in [-0.4, -0.2) is 29.7 Å². The number of hydrogen-bond acceptors (Lipinski definition) is 4. The van der Waals surface area contributed by atoms with E-state index >= 15 is 0 Å². The van der Waals surface area contributed by atoms with Gasteiger partial charge in [0, 0.05) is 6.07 Å². The van der Waals surface area contributed by atoms with Gasteiger partial charge in [0.2, 0.25) is 5.88 Å². The molecule has 1 fully saturated rings. The fourth-order valence-electron chi connectivity index (χ4n) is 2.12. The molecule has 0 bridgehead atoms. The van der Waals surface area contributed by atoms with E-state index in [0.717, 1.165) is 18.9 Å². The van der Waals surface area contributed by atoms with E-state index in [2.05, 4.69) is 15.3 Å². The van der Waals surface area contributed by atoms with Crippen molar-refractivity contribution in [1.29, 1.82) is 0 Å². The van der Waals surface area contributed by atoms with Gasteiger partial charge in [-0.1, -0.05) is 11.6 Å². The van der Waals surface area contributed by atoms with Gasteiger partial charge in [0.15, 0.2) is 0 Å². The van der Waals surface area contributed by atoms with Crippen molar-refractivity contribution in [3.8, 4) is 5.88 Å². The summed E-state index contributed by atoms with van der Waals surface area (Å²) in [5.41, 5.74) is 0. The Labute approximate surface area is 107 Å². The van der Waals surface area contributed by atoms with Crippen LogP contribution in [0.25, 0.3) is 0 Å². The summed E-state index contributed by atoms with van der Waals surface area (Å²) in [6, 6.07) is 1.64. The molecule has 0 radical (unpaired) electrons. The molecule has 1 aliphatic rings. The molecule has 1 atom stereocenters. The summed E-state index contributed by atoms with van der Waals surface area (Å²) in [6.07, 6.45) is 6.34. The van der Waals surface area contributed by atoms with Crippen molar-refractivity contribution in [3.63, 3.8) is 0 Å². The minimum atomic E-state index is 0.423. The fraction of sp³-hybridized carbons (Fsp3) is 0.667. The zero-order valence-electron chi connectivity index (χ0n) is 9.86. The van der Waals surface area contributed by atoms with Gasteiger partial charge in [0.1, 0.15) is 11.5 Å². The summed E-state index contributed by atoms with van der Waals surface area (Å²) < 4.78 is 5.52. The molecule has 2 heterocycles. The van der Waals surface area contributed by atoms with Crippen LogP contribution < -0.4 is 10.1 Å². The topological polar surface area (TPSA) is 47.0 Å². The molecule has 2 rings (SSSR count). The van der Waals surface area contributed by atoms with E-state index in [1.165, 1.54) is 32.1 Å². The highest BCUT2D eigenvalue weighted by Gasteiger charge is 2.12. The number of nitrogens with zero attached hydrogens (tertiary/aromatic N) is 2. The van der Waals surface area contributed by atoms with Gasteiger partial charge in [0.25, 0.3) is 0 Å². The van der Waals surface area contributed by atoms with Crippen molar-refractivity contribution in [1.82, 2.24) is 15.3 Å². The number of rotatable bonds is 5. The van der Waals surface area contributed by atoms with Gasteiger partial charge in [-0.05, 0) is 44.7 Å². The molecule has 0 amide bonds. The van der Waals surface area contributed by atoms with Gasteiger partial charge < -0.3 is 10.1 Å². The normalized spacial score (nSPS) is 20.2. The molecule has 0 saturated carbocycles. The van der Waals surface area contributed by atoms with E-state index in [9.17, 15) is 0 Å². The van der Waals surface area contributed by atoms with Gasteiger partial charge in [0.05, 0.1) is 6.61 Å². The molecule has 0 unspecified atom stereocenters. The van der Waals surface area contributed by atoms with Gasteiger partial charge in [-0.15, -0.1) is 0 Å². The summed E-state index contributed by atoms with van der Waals surface area (Å²) in [7, 11) is 0. The minimum absolute atomic E-state index is 0.423. The molecule has 1 aliphatic heterocycles. The molecule has 4 nitrogen and oxygen atoms in total. The maximum Gasteiger partial charge on any atom is 0.217 e. The van der Waals surface area contributed by atoms with Gasteiger partial charge in [-0.3, -0.25) is 0 Å². The van der Waals surface area contributed by atoms with Crippen LogP contribution in [0.4, 0.5) is 0 Å². The largest absolute Gasteiger partial charge is 0.478 e. The standard InChI is InChI=1S/C12H18ClN3O/c13-11-7-12(16-9-15-11)17-6-2-4-10-3-1-5-14-8-10/h7,9-10,14H,1-6,8H2/t10-/m0/s1. The van der Waals surface area contributed by atoms with Crippen LogP contribution in [0.1, 0.15) is 25.7 Å². The zero-order valence-corrected chi connectivity index (χ0v) is 10.6. The molecule has 1 aromatic rings. The van der Waals surface area contributed by atoms with Crippen molar-refractivity contribution in [2.24, 2.45) is 5.92 Å². The summed E-state index contributed by atoms with van der Waals surface area (Å²) in [4.78, 5) is 7.80. The predicted octanol–water partition coefficient (Wildman–Crippen LogP) is 2.29. The smallest absolute Gasteiger partial charge is 0.217 e. The second-order valence-corrected chi connectivity index (χ2v) is 4.77. The SMILES string of the molecule is Clc1cc(OCCC[C@@H]2CCCNC2)ncn1. The van der Waals surface area contributed by atoms with E-state index < -0.39 is 0 Å². The van der Waals surface area contributed by atoms with Crippen molar-refractivity contribution >= 4 is 11.6 Å². The highest BCUT2D eigenvalue weighted by atomic mass is 35.5. The third-order valence-corrected chi connectivity index (χ3v) is 3.22. The molecule has 94 valence electrons. The summed E-state index contributed by atoms with van der Waals surface area (Å²) in [5, 5.41) is 3.84. The van der Waals surface area contributed by atoms with Crippen LogP contribution in [0, 0.1) is 5.92 Å². The first-order chi connectivity index (χ1) is 8.34. The van der Waals surface area contributed by atoms with Crippen LogP contribution >= 0.6 is 11.6 Å². The molecule has 0 aromatic carbocycles. The monoisotopic (exact) mass is 255 g/mol. The average molecular weight is 256 g/mol. The van der Waals surface area contributed by atoms with Crippen molar-refractivity contribution in [2.75, 3.05) is 19.7 Å². The van der Waals surface area contributed by atoms with E-state index in [1.54, 1.807) is 6.07 Å². The molecule has 0 spiro atoms. The van der Waals surface area contributed by atoms with Gasteiger partial charge in [-0.25, -0.2) is 9.97 Å². The Morgan fingerprint density at radius 3 is 3.18 bits per heavy atom. The first-order valence-corrected chi connectivity index (χ1v) is 6.53. The molecule has 17 heavy (non-hydrogen) atoms. The Kier molecular flexibility index (Phi) is 5.01. The van der Waals surface area contributed by atoms with Crippen LogP contribution in [0.15, 0.2) is 12.4 Å². The van der Waals surface area contributed by atoms with E-state index in [0.29, 0.717) is 17.6 Å². The molecule has 1 aromatic heterocycles. The van der Waals surface area contributed by atoms with Crippen molar-refractivity contribution in [2.45, 2.75) is 25.7 Å². The van der Waals surface area contributed by atoms with Crippen LogP contribution in [-0.2, 0) is 0 Å². The number of nitrogens with one attached hydrogen (secondary N) is 1. The van der Waals surface area contributed by atoms with Crippen LogP contribution in [0.5, 0.6) is 5.88 Å². The Morgan fingerprint density at radius 2 is 2.41 bits per heavy atom. The third-order valence-electron chi connectivity index (χ3n) is 3.01. The Hall–Kier alpha value is -0.870. The number of hydrogen-bond donors (Lipinski definition) is 1. The Balaban J connectivity index is 1.62. The number of ether oxygens (including phenoxy) is 1. The lowest BCUT2D eigenvalue weighted by Gasteiger charge is -2.22.